The van der Waals surface area contributed by atoms with Gasteiger partial charge in [-0.05, 0) is 44.0 Å². The van der Waals surface area contributed by atoms with Gasteiger partial charge in [-0.2, -0.15) is 0 Å². The second-order valence-corrected chi connectivity index (χ2v) is 8.16. The molecule has 0 aliphatic carbocycles. The van der Waals surface area contributed by atoms with Crippen LogP contribution < -0.4 is 10.2 Å². The summed E-state index contributed by atoms with van der Waals surface area (Å²) in [6.45, 7) is 8.68. The van der Waals surface area contributed by atoms with Crippen LogP contribution in [-0.2, 0) is 15.5 Å². The maximum Gasteiger partial charge on any atom is 0.238 e. The van der Waals surface area contributed by atoms with Crippen LogP contribution in [0, 0.1) is 0 Å². The SMILES string of the molecule is C=Cc1cc(N2C[C@H](CNC(C)=S)OC2O)ccc1S(=O)CC/C=C/C. The molecular formula is C19H26N2O3S2. The fraction of sp³-hybridized carbons (Fsp3) is 0.421. The largest absolute Gasteiger partial charge is 0.377 e. The summed E-state index contributed by atoms with van der Waals surface area (Å²) in [6, 6.07) is 5.60. The van der Waals surface area contributed by atoms with Crippen molar-refractivity contribution in [1.29, 1.82) is 0 Å². The minimum absolute atomic E-state index is 0.162. The van der Waals surface area contributed by atoms with E-state index in [-0.39, 0.29) is 6.10 Å². The van der Waals surface area contributed by atoms with Gasteiger partial charge in [-0.1, -0.05) is 37.0 Å². The lowest BCUT2D eigenvalue weighted by Gasteiger charge is -2.21. The molecule has 2 rings (SSSR count). The quantitative estimate of drug-likeness (QED) is 0.522. The smallest absolute Gasteiger partial charge is 0.238 e. The number of rotatable bonds is 8. The van der Waals surface area contributed by atoms with Gasteiger partial charge in [-0.15, -0.1) is 0 Å². The van der Waals surface area contributed by atoms with Gasteiger partial charge in [0.15, 0.2) is 0 Å². The number of ether oxygens (including phenoxy) is 1. The van der Waals surface area contributed by atoms with Gasteiger partial charge in [-0.25, -0.2) is 0 Å². The van der Waals surface area contributed by atoms with Crippen LogP contribution in [-0.4, -0.2) is 45.7 Å². The van der Waals surface area contributed by atoms with E-state index in [1.54, 1.807) is 11.0 Å². The van der Waals surface area contributed by atoms with Gasteiger partial charge in [0, 0.05) is 22.9 Å². The molecule has 3 atom stereocenters. The summed E-state index contributed by atoms with van der Waals surface area (Å²) in [5, 5.41) is 13.3. The highest BCUT2D eigenvalue weighted by Gasteiger charge is 2.31. The number of thiocarbonyl (C=S) groups is 1. The van der Waals surface area contributed by atoms with Gasteiger partial charge in [0.1, 0.15) is 0 Å². The number of aliphatic hydroxyl groups excluding tert-OH is 1. The van der Waals surface area contributed by atoms with Crippen LogP contribution in [0.25, 0.3) is 6.08 Å². The highest BCUT2D eigenvalue weighted by atomic mass is 32.2. The summed E-state index contributed by atoms with van der Waals surface area (Å²) in [6.07, 6.45) is 5.26. The zero-order valence-electron chi connectivity index (χ0n) is 15.2. The molecule has 1 aromatic rings. The van der Waals surface area contributed by atoms with E-state index in [0.29, 0.717) is 23.8 Å². The summed E-state index contributed by atoms with van der Waals surface area (Å²) in [7, 11) is -1.09. The molecule has 1 heterocycles. The van der Waals surface area contributed by atoms with Crippen LogP contribution in [0.5, 0.6) is 0 Å². The first-order valence-corrected chi connectivity index (χ1v) is 10.3. The number of benzene rings is 1. The predicted molar refractivity (Wildman–Crippen MR) is 112 cm³/mol. The van der Waals surface area contributed by atoms with Gasteiger partial charge >= 0.3 is 0 Å². The molecule has 5 nitrogen and oxygen atoms in total. The number of nitrogens with one attached hydrogen (secondary N) is 1. The zero-order chi connectivity index (χ0) is 19.1. The lowest BCUT2D eigenvalue weighted by atomic mass is 10.2. The third-order valence-corrected chi connectivity index (χ3v) is 5.67. The third-order valence-electron chi connectivity index (χ3n) is 4.06. The number of anilines is 1. The maximum atomic E-state index is 12.5. The van der Waals surface area contributed by atoms with Gasteiger partial charge in [0.2, 0.25) is 6.41 Å². The Kier molecular flexibility index (Phi) is 7.96. The van der Waals surface area contributed by atoms with E-state index in [9.17, 15) is 9.32 Å². The molecule has 1 saturated heterocycles. The summed E-state index contributed by atoms with van der Waals surface area (Å²) >= 11 is 5.01. The molecule has 26 heavy (non-hydrogen) atoms. The van der Waals surface area contributed by atoms with Gasteiger partial charge < -0.3 is 20.1 Å². The fourth-order valence-corrected chi connectivity index (χ4v) is 4.01. The molecule has 2 N–H and O–H groups in total. The average molecular weight is 395 g/mol. The molecule has 0 aromatic heterocycles. The molecule has 0 amide bonds. The first-order valence-electron chi connectivity index (χ1n) is 8.57. The first-order chi connectivity index (χ1) is 12.5. The molecule has 0 saturated carbocycles. The van der Waals surface area contributed by atoms with Crippen LogP contribution >= 0.6 is 12.2 Å². The molecule has 1 aliphatic rings. The molecule has 142 valence electrons. The standard InChI is InChI=1S/C19H26N2O3S2/c1-4-6-7-10-26(23)18-9-8-16(11-15(18)5-2)21-13-17(24-19(21)22)12-20-14(3)25/h4-6,8-9,11,17,19,22H,2,7,10,12-13H2,1,3H3,(H,20,25)/b6-4+/t17-,19?,26?/m0/s1. The molecule has 2 unspecified atom stereocenters. The Bertz CT molecular complexity index is 706. The Morgan fingerprint density at radius 1 is 1.58 bits per heavy atom. The third kappa shape index (κ3) is 5.48. The Hall–Kier alpha value is -1.54. The van der Waals surface area contributed by atoms with E-state index in [2.05, 4.69) is 11.9 Å². The van der Waals surface area contributed by atoms with E-state index in [0.717, 1.165) is 22.6 Å². The Balaban J connectivity index is 2.12. The minimum Gasteiger partial charge on any atom is -0.377 e. The molecule has 7 heteroatoms. The van der Waals surface area contributed by atoms with Crippen LogP contribution in [0.15, 0.2) is 41.8 Å². The molecule has 1 aliphatic heterocycles. The minimum atomic E-state index is -1.09. The molecule has 0 radical (unpaired) electrons. The van der Waals surface area contributed by atoms with Crippen molar-refractivity contribution < 1.29 is 14.1 Å². The summed E-state index contributed by atoms with van der Waals surface area (Å²) in [5.41, 5.74) is 1.62. The number of aliphatic hydroxyl groups is 1. The topological polar surface area (TPSA) is 61.8 Å². The first kappa shape index (κ1) is 20.8. The van der Waals surface area contributed by atoms with E-state index >= 15 is 0 Å². The molecule has 1 aromatic carbocycles. The van der Waals surface area contributed by atoms with Crippen LogP contribution in [0.1, 0.15) is 25.8 Å². The van der Waals surface area contributed by atoms with E-state index in [1.165, 1.54) is 0 Å². The second kappa shape index (κ2) is 9.97. The zero-order valence-corrected chi connectivity index (χ0v) is 16.8. The highest BCUT2D eigenvalue weighted by molar-refractivity contribution is 7.85. The van der Waals surface area contributed by atoms with Gasteiger partial charge in [0.05, 0.1) is 28.4 Å². The van der Waals surface area contributed by atoms with Crippen LogP contribution in [0.2, 0.25) is 0 Å². The second-order valence-electron chi connectivity index (χ2n) is 6.01. The molecule has 0 bridgehead atoms. The Morgan fingerprint density at radius 3 is 3.00 bits per heavy atom. The van der Waals surface area contributed by atoms with Crippen LogP contribution in [0.3, 0.4) is 0 Å². The van der Waals surface area contributed by atoms with Gasteiger partial charge in [0.25, 0.3) is 0 Å². The van der Waals surface area contributed by atoms with Crippen molar-refractivity contribution in [3.05, 3.63) is 42.5 Å². The Morgan fingerprint density at radius 2 is 2.35 bits per heavy atom. The Labute approximate surface area is 163 Å². The van der Waals surface area contributed by atoms with Crippen molar-refractivity contribution in [3.8, 4) is 0 Å². The van der Waals surface area contributed by atoms with E-state index in [1.807, 2.05) is 44.2 Å². The molecule has 0 spiro atoms. The number of hydrogen-bond acceptors (Lipinski definition) is 5. The maximum absolute atomic E-state index is 12.5. The molecule has 1 fully saturated rings. The molecular weight excluding hydrogens is 368 g/mol. The van der Waals surface area contributed by atoms with E-state index in [4.69, 9.17) is 17.0 Å². The van der Waals surface area contributed by atoms with Crippen molar-refractivity contribution >= 4 is 39.8 Å². The normalized spacial score (nSPS) is 21.1. The summed E-state index contributed by atoms with van der Waals surface area (Å²) in [5.74, 6) is 0.574. The number of allylic oxidation sites excluding steroid dienone is 2. The highest BCUT2D eigenvalue weighted by Crippen LogP contribution is 2.28. The van der Waals surface area contributed by atoms with E-state index < -0.39 is 17.2 Å². The lowest BCUT2D eigenvalue weighted by molar-refractivity contribution is -0.0864. The van der Waals surface area contributed by atoms with Crippen molar-refractivity contribution in [1.82, 2.24) is 5.32 Å². The number of nitrogens with zero attached hydrogens (tertiary/aromatic N) is 1. The van der Waals surface area contributed by atoms with Crippen molar-refractivity contribution in [2.24, 2.45) is 0 Å². The average Bonchev–Trinajstić information content (AvgIpc) is 3.00. The van der Waals surface area contributed by atoms with Crippen LogP contribution in [0.4, 0.5) is 5.69 Å². The monoisotopic (exact) mass is 394 g/mol. The lowest BCUT2D eigenvalue weighted by Crippen LogP contribution is -2.33. The fourth-order valence-electron chi connectivity index (χ4n) is 2.73. The number of hydrogen-bond donors (Lipinski definition) is 2. The summed E-state index contributed by atoms with van der Waals surface area (Å²) in [4.78, 5) is 3.22. The van der Waals surface area contributed by atoms with Gasteiger partial charge in [-0.3, -0.25) is 4.21 Å². The predicted octanol–water partition coefficient (Wildman–Crippen LogP) is 2.82. The van der Waals surface area contributed by atoms with Crippen molar-refractivity contribution in [2.75, 3.05) is 23.7 Å². The van der Waals surface area contributed by atoms with Crippen molar-refractivity contribution in [2.45, 2.75) is 37.7 Å². The van der Waals surface area contributed by atoms with Crippen molar-refractivity contribution in [3.63, 3.8) is 0 Å². The summed E-state index contributed by atoms with van der Waals surface area (Å²) < 4.78 is 18.1.